The Labute approximate surface area is 219 Å². The minimum absolute atomic E-state index is 0.138. The maximum absolute atomic E-state index is 6.25. The van der Waals surface area contributed by atoms with Crippen molar-refractivity contribution in [3.05, 3.63) is 119 Å². The van der Waals surface area contributed by atoms with E-state index in [9.17, 15) is 0 Å². The molecule has 1 atom stereocenters. The molecule has 5 rings (SSSR count). The van der Waals surface area contributed by atoms with Gasteiger partial charge in [0.15, 0.2) is 11.5 Å². The van der Waals surface area contributed by atoms with E-state index in [4.69, 9.17) is 18.9 Å². The molecular formula is C32H33NO4. The van der Waals surface area contributed by atoms with Crippen LogP contribution in [0.25, 0.3) is 0 Å². The summed E-state index contributed by atoms with van der Waals surface area (Å²) in [5.41, 5.74) is 5.86. The SMILES string of the molecule is COc1c(OCc2ccccc2)cc2c(c1OC)CCNC2Cc1ccc(OCc2ccccc2)cc1. The molecular weight excluding hydrogens is 462 g/mol. The highest BCUT2D eigenvalue weighted by molar-refractivity contribution is 5.60. The first kappa shape index (κ1) is 24.7. The van der Waals surface area contributed by atoms with Crippen LogP contribution in [0.1, 0.15) is 33.9 Å². The molecule has 0 spiro atoms. The third-order valence-electron chi connectivity index (χ3n) is 6.74. The van der Waals surface area contributed by atoms with Crippen LogP contribution in [0.2, 0.25) is 0 Å². The van der Waals surface area contributed by atoms with Crippen molar-refractivity contribution in [1.82, 2.24) is 5.32 Å². The fraction of sp³-hybridized carbons (Fsp3) is 0.250. The van der Waals surface area contributed by atoms with Crippen molar-refractivity contribution in [3.8, 4) is 23.0 Å². The van der Waals surface area contributed by atoms with E-state index in [0.717, 1.165) is 42.0 Å². The second-order valence-electron chi connectivity index (χ2n) is 9.16. The lowest BCUT2D eigenvalue weighted by atomic mass is 9.89. The number of rotatable bonds is 10. The molecule has 0 fully saturated rings. The highest BCUT2D eigenvalue weighted by Crippen LogP contribution is 2.45. The normalized spacial score (nSPS) is 14.5. The van der Waals surface area contributed by atoms with Crippen molar-refractivity contribution >= 4 is 0 Å². The molecule has 190 valence electrons. The number of benzene rings is 4. The van der Waals surface area contributed by atoms with Crippen LogP contribution in [0.15, 0.2) is 91.0 Å². The molecule has 1 aliphatic heterocycles. The van der Waals surface area contributed by atoms with Gasteiger partial charge in [0, 0.05) is 11.6 Å². The van der Waals surface area contributed by atoms with Crippen LogP contribution in [-0.2, 0) is 26.1 Å². The Morgan fingerprint density at radius 3 is 1.95 bits per heavy atom. The van der Waals surface area contributed by atoms with Gasteiger partial charge in [0.2, 0.25) is 5.75 Å². The summed E-state index contributed by atoms with van der Waals surface area (Å²) in [6.07, 6.45) is 1.72. The fourth-order valence-corrected chi connectivity index (χ4v) is 4.86. The standard InChI is InChI=1S/C32H33NO4/c1-34-31-27-17-18-33-29(19-23-13-15-26(16-14-23)36-21-24-9-5-3-6-10-24)28(27)20-30(32(31)35-2)37-22-25-11-7-4-8-12-25/h3-16,20,29,33H,17-19,21-22H2,1-2H3. The Hall–Kier alpha value is -3.96. The Bertz CT molecular complexity index is 1290. The van der Waals surface area contributed by atoms with Gasteiger partial charge < -0.3 is 24.3 Å². The summed E-state index contributed by atoms with van der Waals surface area (Å²) in [7, 11) is 3.37. The zero-order valence-corrected chi connectivity index (χ0v) is 21.4. The number of ether oxygens (including phenoxy) is 4. The van der Waals surface area contributed by atoms with Crippen molar-refractivity contribution in [3.63, 3.8) is 0 Å². The second-order valence-corrected chi connectivity index (χ2v) is 9.16. The van der Waals surface area contributed by atoms with Crippen LogP contribution < -0.4 is 24.3 Å². The van der Waals surface area contributed by atoms with Crippen LogP contribution in [-0.4, -0.2) is 20.8 Å². The van der Waals surface area contributed by atoms with Crippen LogP contribution in [0.5, 0.6) is 23.0 Å². The summed E-state index contributed by atoms with van der Waals surface area (Å²) in [5, 5.41) is 3.69. The number of hydrogen-bond acceptors (Lipinski definition) is 5. The average molecular weight is 496 g/mol. The Kier molecular flexibility index (Phi) is 7.92. The van der Waals surface area contributed by atoms with E-state index in [2.05, 4.69) is 47.8 Å². The predicted molar refractivity (Wildman–Crippen MR) is 146 cm³/mol. The molecule has 5 nitrogen and oxygen atoms in total. The summed E-state index contributed by atoms with van der Waals surface area (Å²) in [6, 6.07) is 31.0. The Balaban J connectivity index is 1.34. The Morgan fingerprint density at radius 1 is 0.703 bits per heavy atom. The lowest BCUT2D eigenvalue weighted by molar-refractivity contribution is 0.272. The van der Waals surface area contributed by atoms with Gasteiger partial charge in [-0.25, -0.2) is 0 Å². The number of hydrogen-bond donors (Lipinski definition) is 1. The van der Waals surface area contributed by atoms with Crippen molar-refractivity contribution < 1.29 is 18.9 Å². The van der Waals surface area contributed by atoms with Gasteiger partial charge in [0.05, 0.1) is 14.2 Å². The van der Waals surface area contributed by atoms with Gasteiger partial charge in [-0.15, -0.1) is 0 Å². The largest absolute Gasteiger partial charge is 0.492 e. The van der Waals surface area contributed by atoms with Crippen LogP contribution in [0.3, 0.4) is 0 Å². The molecule has 1 aliphatic rings. The lowest BCUT2D eigenvalue weighted by Gasteiger charge is -2.30. The smallest absolute Gasteiger partial charge is 0.203 e. The van der Waals surface area contributed by atoms with Gasteiger partial charge in [-0.05, 0) is 59.8 Å². The summed E-state index contributed by atoms with van der Waals surface area (Å²) in [5.74, 6) is 2.98. The summed E-state index contributed by atoms with van der Waals surface area (Å²) >= 11 is 0. The number of fused-ring (bicyclic) bond motifs is 1. The first-order valence-electron chi connectivity index (χ1n) is 12.7. The molecule has 4 aromatic carbocycles. The zero-order valence-electron chi connectivity index (χ0n) is 21.4. The highest BCUT2D eigenvalue weighted by Gasteiger charge is 2.28. The molecule has 1 N–H and O–H groups in total. The van der Waals surface area contributed by atoms with Gasteiger partial charge >= 0.3 is 0 Å². The third-order valence-corrected chi connectivity index (χ3v) is 6.74. The minimum Gasteiger partial charge on any atom is -0.492 e. The summed E-state index contributed by atoms with van der Waals surface area (Å²) in [4.78, 5) is 0. The molecule has 0 saturated carbocycles. The first-order chi connectivity index (χ1) is 18.2. The topological polar surface area (TPSA) is 49.0 Å². The molecule has 4 aromatic rings. The van der Waals surface area contributed by atoms with E-state index in [1.807, 2.05) is 48.5 Å². The number of methoxy groups -OCH3 is 2. The molecule has 1 heterocycles. The predicted octanol–water partition coefficient (Wildman–Crippen LogP) is 6.29. The highest BCUT2D eigenvalue weighted by atomic mass is 16.5. The van der Waals surface area contributed by atoms with E-state index in [1.165, 1.54) is 16.7 Å². The third kappa shape index (κ3) is 5.89. The maximum atomic E-state index is 6.25. The second kappa shape index (κ2) is 11.8. The minimum atomic E-state index is 0.138. The van der Waals surface area contributed by atoms with E-state index < -0.39 is 0 Å². The molecule has 0 saturated heterocycles. The van der Waals surface area contributed by atoms with Crippen molar-refractivity contribution in [2.75, 3.05) is 20.8 Å². The van der Waals surface area contributed by atoms with E-state index >= 15 is 0 Å². The van der Waals surface area contributed by atoms with Gasteiger partial charge in [0.25, 0.3) is 0 Å². The van der Waals surface area contributed by atoms with Gasteiger partial charge in [-0.2, -0.15) is 0 Å². The van der Waals surface area contributed by atoms with E-state index in [0.29, 0.717) is 24.7 Å². The average Bonchev–Trinajstić information content (AvgIpc) is 2.96. The molecule has 37 heavy (non-hydrogen) atoms. The van der Waals surface area contributed by atoms with Crippen molar-refractivity contribution in [1.29, 1.82) is 0 Å². The molecule has 5 heteroatoms. The van der Waals surface area contributed by atoms with Gasteiger partial charge in [-0.1, -0.05) is 72.8 Å². The van der Waals surface area contributed by atoms with Crippen LogP contribution in [0.4, 0.5) is 0 Å². The van der Waals surface area contributed by atoms with E-state index in [-0.39, 0.29) is 6.04 Å². The maximum Gasteiger partial charge on any atom is 0.203 e. The Morgan fingerprint density at radius 2 is 1.32 bits per heavy atom. The lowest BCUT2D eigenvalue weighted by Crippen LogP contribution is -2.31. The summed E-state index contributed by atoms with van der Waals surface area (Å²) < 4.78 is 23.8. The molecule has 0 aromatic heterocycles. The van der Waals surface area contributed by atoms with Gasteiger partial charge in [-0.3, -0.25) is 0 Å². The molecule has 0 radical (unpaired) electrons. The van der Waals surface area contributed by atoms with Crippen molar-refractivity contribution in [2.24, 2.45) is 0 Å². The molecule has 0 aliphatic carbocycles. The zero-order chi connectivity index (χ0) is 25.5. The quantitative estimate of drug-likeness (QED) is 0.280. The van der Waals surface area contributed by atoms with Crippen molar-refractivity contribution in [2.45, 2.75) is 32.1 Å². The van der Waals surface area contributed by atoms with Crippen LogP contribution >= 0.6 is 0 Å². The monoisotopic (exact) mass is 495 g/mol. The van der Waals surface area contributed by atoms with Crippen LogP contribution in [0, 0.1) is 0 Å². The fourth-order valence-electron chi connectivity index (χ4n) is 4.86. The van der Waals surface area contributed by atoms with E-state index in [1.54, 1.807) is 14.2 Å². The molecule has 1 unspecified atom stereocenters. The summed E-state index contributed by atoms with van der Waals surface area (Å²) in [6.45, 7) is 1.90. The van der Waals surface area contributed by atoms with Gasteiger partial charge in [0.1, 0.15) is 19.0 Å². The first-order valence-corrected chi connectivity index (χ1v) is 12.7. The molecule has 0 bridgehead atoms. The molecule has 0 amide bonds. The number of nitrogens with one attached hydrogen (secondary N) is 1.